The molecule has 0 rings (SSSR count). The first-order valence-corrected chi connectivity index (χ1v) is 9.92. The van der Waals surface area contributed by atoms with Crippen molar-refractivity contribution in [1.82, 2.24) is 5.09 Å². The van der Waals surface area contributed by atoms with E-state index >= 15 is 0 Å². The summed E-state index contributed by atoms with van der Waals surface area (Å²) >= 11 is 0. The summed E-state index contributed by atoms with van der Waals surface area (Å²) in [5, 5.41) is 3.57. The molecule has 2 nitrogen and oxygen atoms in total. The molecule has 0 aliphatic rings. The van der Waals surface area contributed by atoms with Crippen molar-refractivity contribution in [3.8, 4) is 0 Å². The Morgan fingerprint density at radius 2 is 1.33 bits per heavy atom. The van der Waals surface area contributed by atoms with Gasteiger partial charge in [-0.1, -0.05) is 0 Å². The number of hydrogen-bond acceptors (Lipinski definition) is 0. The van der Waals surface area contributed by atoms with Crippen LogP contribution in [0.4, 0.5) is 0 Å². The lowest BCUT2D eigenvalue weighted by Gasteiger charge is -2.27. The Labute approximate surface area is 98.5 Å². The molecule has 0 fully saturated rings. The van der Waals surface area contributed by atoms with Crippen molar-refractivity contribution in [3.63, 3.8) is 0 Å². The van der Waals surface area contributed by atoms with E-state index in [0.29, 0.717) is 0 Å². The van der Waals surface area contributed by atoms with E-state index in [-0.39, 0.29) is 11.1 Å². The van der Waals surface area contributed by atoms with E-state index in [9.17, 15) is 0 Å². The molecule has 0 aliphatic heterocycles. The maximum atomic E-state index is 3.57. The molecule has 0 spiro atoms. The molecule has 0 aromatic carbocycles. The highest BCUT2D eigenvalue weighted by molar-refractivity contribution is 7.22. The smallest absolute Gasteiger partial charge is 0.276 e. The summed E-state index contributed by atoms with van der Waals surface area (Å²) in [5.41, 5.74) is 0.426. The Morgan fingerprint density at radius 3 is 1.53 bits per heavy atom. The molecule has 0 saturated carbocycles. The van der Waals surface area contributed by atoms with Crippen LogP contribution in [0.25, 0.3) is 0 Å². The quantitative estimate of drug-likeness (QED) is 0.574. The summed E-state index contributed by atoms with van der Waals surface area (Å²) in [7, 11) is -0.00833. The van der Waals surface area contributed by atoms with Crippen molar-refractivity contribution >= 4 is 16.8 Å². The zero-order valence-electron chi connectivity index (χ0n) is 11.9. The van der Waals surface area contributed by atoms with Crippen molar-refractivity contribution in [2.24, 2.45) is 0 Å². The number of rotatable bonds is 2. The van der Waals surface area contributed by atoms with Crippen LogP contribution < -0.4 is 5.09 Å². The molecule has 15 heavy (non-hydrogen) atoms. The molecule has 0 radical (unpaired) electrons. The van der Waals surface area contributed by atoms with Crippen molar-refractivity contribution < 1.29 is 3.99 Å². The molecule has 0 aliphatic carbocycles. The molecule has 4 heteroatoms. The lowest BCUT2D eigenvalue weighted by molar-refractivity contribution is -0.460. The highest BCUT2D eigenvalue weighted by Crippen LogP contribution is 2.22. The van der Waals surface area contributed by atoms with Crippen molar-refractivity contribution in [3.05, 3.63) is 0 Å². The third kappa shape index (κ3) is 6.44. The molecule has 0 aromatic rings. The van der Waals surface area contributed by atoms with E-state index < -0.39 is 8.24 Å². The van der Waals surface area contributed by atoms with Crippen molar-refractivity contribution in [2.45, 2.75) is 72.3 Å². The largest absolute Gasteiger partial charge is 0.352 e. The van der Waals surface area contributed by atoms with E-state index in [4.69, 9.17) is 0 Å². The van der Waals surface area contributed by atoms with Crippen LogP contribution in [0.5, 0.6) is 0 Å². The van der Waals surface area contributed by atoms with Crippen LogP contribution in [-0.2, 0) is 0 Å². The minimum atomic E-state index is -1.26. The van der Waals surface area contributed by atoms with Gasteiger partial charge >= 0.3 is 8.24 Å². The predicted octanol–water partition coefficient (Wildman–Crippen LogP) is 4.07. The molecule has 0 bridgehead atoms. The highest BCUT2D eigenvalue weighted by Gasteiger charge is 2.38. The maximum Gasteiger partial charge on any atom is 0.352 e. The van der Waals surface area contributed by atoms with Gasteiger partial charge in [-0.25, -0.2) is 5.09 Å². The molecule has 0 atom stereocenters. The van der Waals surface area contributed by atoms with Crippen molar-refractivity contribution in [2.75, 3.05) is 0 Å². The van der Waals surface area contributed by atoms with Gasteiger partial charge < -0.3 is 0 Å². The van der Waals surface area contributed by atoms with Crippen molar-refractivity contribution in [1.29, 1.82) is 0 Å². The lowest BCUT2D eigenvalue weighted by Crippen LogP contribution is -2.47. The fourth-order valence-corrected chi connectivity index (χ4v) is 5.57. The number of nitrogens with one attached hydrogen (secondary N) is 1. The van der Waals surface area contributed by atoms with Gasteiger partial charge in [-0.3, -0.25) is 3.99 Å². The Morgan fingerprint density at radius 1 is 0.933 bits per heavy atom. The monoisotopic (exact) mass is 247 g/mol. The average Bonchev–Trinajstić information content (AvgIpc) is 1.75. The Bertz CT molecular complexity index is 225. The van der Waals surface area contributed by atoms with Crippen LogP contribution in [0, 0.1) is 0 Å². The minimum Gasteiger partial charge on any atom is -0.276 e. The van der Waals surface area contributed by atoms with Gasteiger partial charge in [-0.15, -0.1) is 0 Å². The van der Waals surface area contributed by atoms with E-state index in [1.807, 2.05) is 0 Å². The number of nitrogens with zero attached hydrogens (tertiary/aromatic N) is 1. The Balaban J connectivity index is 4.99. The van der Waals surface area contributed by atoms with Crippen LogP contribution in [-0.4, -0.2) is 23.3 Å². The third-order valence-corrected chi connectivity index (χ3v) is 7.37. The second-order valence-electron chi connectivity index (χ2n) is 7.12. The summed E-state index contributed by atoms with van der Waals surface area (Å²) < 4.78 is 2.60. The van der Waals surface area contributed by atoms with Gasteiger partial charge in [0.1, 0.15) is 5.54 Å². The van der Waals surface area contributed by atoms with E-state index in [0.717, 1.165) is 0 Å². The molecule has 0 aromatic heterocycles. The average molecular weight is 247 g/mol. The molecule has 1 N–H and O–H groups in total. The molecule has 0 amide bonds. The molecular formula is C11H28N2PSi+. The second kappa shape index (κ2) is 4.64. The summed E-state index contributed by atoms with van der Waals surface area (Å²) in [6, 6.07) is 0. The topological polar surface area (TPSA) is 15.0 Å². The van der Waals surface area contributed by atoms with Crippen LogP contribution in [0.3, 0.4) is 0 Å². The van der Waals surface area contributed by atoms with Gasteiger partial charge in [0.05, 0.1) is 0 Å². The number of hydrogen-bond donors (Lipinski definition) is 1. The normalized spacial score (nSPS) is 15.7. The van der Waals surface area contributed by atoms with E-state index in [1.54, 1.807) is 0 Å². The summed E-state index contributed by atoms with van der Waals surface area (Å²) in [6.07, 6.45) is 0. The zero-order chi connectivity index (χ0) is 12.5. The molecule has 0 heterocycles. The van der Waals surface area contributed by atoms with Crippen LogP contribution in [0.1, 0.15) is 41.5 Å². The van der Waals surface area contributed by atoms with E-state index in [2.05, 4.69) is 70.3 Å². The van der Waals surface area contributed by atoms with Crippen LogP contribution in [0.2, 0.25) is 19.6 Å². The first-order valence-electron chi connectivity index (χ1n) is 5.62. The van der Waals surface area contributed by atoms with Gasteiger partial charge in [0.2, 0.25) is 0 Å². The molecular weight excluding hydrogens is 219 g/mol. The van der Waals surface area contributed by atoms with E-state index in [1.165, 1.54) is 8.52 Å². The lowest BCUT2D eigenvalue weighted by atomic mass is 10.1. The van der Waals surface area contributed by atoms with Crippen LogP contribution >= 0.6 is 8.52 Å². The predicted molar refractivity (Wildman–Crippen MR) is 73.2 cm³/mol. The second-order valence-corrected chi connectivity index (χ2v) is 13.1. The maximum absolute atomic E-state index is 3.57. The fourth-order valence-electron chi connectivity index (χ4n) is 1.51. The van der Waals surface area contributed by atoms with Gasteiger partial charge in [-0.05, 0) is 61.2 Å². The molecule has 0 unspecified atom stereocenters. The SMILES string of the molecule is CC(C)(C)NP=[N+](C(C)(C)C)[Si](C)(C)C. The van der Waals surface area contributed by atoms with Gasteiger partial charge in [0, 0.05) is 5.54 Å². The van der Waals surface area contributed by atoms with Gasteiger partial charge in [0.25, 0.3) is 8.52 Å². The summed E-state index contributed by atoms with van der Waals surface area (Å²) in [6.45, 7) is 20.7. The summed E-state index contributed by atoms with van der Waals surface area (Å²) in [4.78, 5) is 0. The summed E-state index contributed by atoms with van der Waals surface area (Å²) in [5.74, 6) is 0. The van der Waals surface area contributed by atoms with Gasteiger partial charge in [-0.2, -0.15) is 0 Å². The first kappa shape index (κ1) is 15.3. The Kier molecular flexibility index (Phi) is 4.73. The molecule has 0 saturated heterocycles. The Hall–Kier alpha value is 0.277. The molecule has 90 valence electrons. The van der Waals surface area contributed by atoms with Gasteiger partial charge in [0.15, 0.2) is 0 Å². The minimum absolute atomic E-state index is 0.185. The third-order valence-electron chi connectivity index (χ3n) is 1.76. The van der Waals surface area contributed by atoms with Crippen LogP contribution in [0.15, 0.2) is 0 Å². The fraction of sp³-hybridized carbons (Fsp3) is 1.00. The zero-order valence-corrected chi connectivity index (χ0v) is 13.8. The first-order chi connectivity index (χ1) is 6.34. The highest BCUT2D eigenvalue weighted by atomic mass is 31.1. The standard InChI is InChI=1S/C11H27N2PSi/c1-10(2,3)12-14-13(11(4,5)6)15(7,8)9/h1-9H3/p+1.